The molecule has 1 aromatic rings. The van der Waals surface area contributed by atoms with Gasteiger partial charge in [-0.2, -0.15) is 0 Å². The molecule has 0 saturated heterocycles. The lowest BCUT2D eigenvalue weighted by atomic mass is 10.1. The average molecular weight is 309 g/mol. The minimum Gasteiger partial charge on any atom is -0.490 e. The quantitative estimate of drug-likeness (QED) is 0.709. The molecule has 0 radical (unpaired) electrons. The van der Waals surface area contributed by atoms with Crippen molar-refractivity contribution in [3.63, 3.8) is 0 Å². The van der Waals surface area contributed by atoms with Crippen LogP contribution in [0.2, 0.25) is 0 Å². The Kier molecular flexibility index (Phi) is 7.22. The van der Waals surface area contributed by atoms with Crippen LogP contribution in [0.15, 0.2) is 18.2 Å². The first-order valence-electron chi connectivity index (χ1n) is 7.36. The van der Waals surface area contributed by atoms with E-state index in [0.29, 0.717) is 30.3 Å². The van der Waals surface area contributed by atoms with Crippen molar-refractivity contribution in [2.45, 2.75) is 26.7 Å². The maximum atomic E-state index is 12.2. The average Bonchev–Trinajstić information content (AvgIpc) is 2.47. The molecule has 0 fully saturated rings. The summed E-state index contributed by atoms with van der Waals surface area (Å²) in [6, 6.07) is 4.89. The van der Waals surface area contributed by atoms with Gasteiger partial charge in [0.05, 0.1) is 13.2 Å². The van der Waals surface area contributed by atoms with E-state index in [0.717, 1.165) is 17.7 Å². The van der Waals surface area contributed by atoms with Gasteiger partial charge in [0.1, 0.15) is 6.54 Å². The summed E-state index contributed by atoms with van der Waals surface area (Å²) in [6.07, 6.45) is 1.97. The van der Waals surface area contributed by atoms with Gasteiger partial charge in [-0.25, -0.2) is 0 Å². The van der Waals surface area contributed by atoms with Crippen LogP contribution in [0.25, 0.3) is 0 Å². The predicted molar refractivity (Wildman–Crippen MR) is 82.6 cm³/mol. The van der Waals surface area contributed by atoms with Crippen LogP contribution in [0, 0.1) is 0 Å². The van der Waals surface area contributed by atoms with E-state index in [-0.39, 0.29) is 12.5 Å². The smallest absolute Gasteiger partial charge is 0.323 e. The van der Waals surface area contributed by atoms with Gasteiger partial charge in [-0.05, 0) is 31.5 Å². The summed E-state index contributed by atoms with van der Waals surface area (Å²) in [6.45, 7) is 4.61. The number of ether oxygens (including phenoxy) is 2. The summed E-state index contributed by atoms with van der Waals surface area (Å²) in [5.41, 5.74) is 0.370. The summed E-state index contributed by atoms with van der Waals surface area (Å²) in [4.78, 5) is 24.0. The number of carboxylic acids is 1. The summed E-state index contributed by atoms with van der Waals surface area (Å²) in [7, 11) is 1.45. The first-order valence-corrected chi connectivity index (χ1v) is 7.36. The van der Waals surface area contributed by atoms with Crippen molar-refractivity contribution >= 4 is 11.9 Å². The number of carbonyl (C=O) groups is 2. The van der Waals surface area contributed by atoms with Gasteiger partial charge < -0.3 is 19.5 Å². The zero-order chi connectivity index (χ0) is 16.5. The minimum absolute atomic E-state index is 0.350. The number of benzene rings is 1. The SMILES string of the molecule is CCCCOc1ccc(C(=O)N(C)CC(=O)O)cc1OCC. The van der Waals surface area contributed by atoms with Crippen molar-refractivity contribution < 1.29 is 24.2 Å². The molecule has 0 aromatic heterocycles. The molecular weight excluding hydrogens is 286 g/mol. The first kappa shape index (κ1) is 17.8. The molecular formula is C16H23NO5. The molecule has 0 unspecified atom stereocenters. The fourth-order valence-corrected chi connectivity index (χ4v) is 1.85. The Hall–Kier alpha value is -2.24. The minimum atomic E-state index is -1.06. The van der Waals surface area contributed by atoms with Crippen molar-refractivity contribution in [1.82, 2.24) is 4.90 Å². The monoisotopic (exact) mass is 309 g/mol. The van der Waals surface area contributed by atoms with E-state index in [1.165, 1.54) is 7.05 Å². The number of carboxylic acid groups (broad SMARTS) is 1. The van der Waals surface area contributed by atoms with Crippen LogP contribution in [0.3, 0.4) is 0 Å². The van der Waals surface area contributed by atoms with Gasteiger partial charge in [-0.1, -0.05) is 13.3 Å². The Balaban J connectivity index is 2.90. The predicted octanol–water partition coefficient (Wildman–Crippen LogP) is 2.42. The van der Waals surface area contributed by atoms with E-state index >= 15 is 0 Å². The highest BCUT2D eigenvalue weighted by Gasteiger charge is 2.17. The molecule has 0 aliphatic rings. The van der Waals surface area contributed by atoms with E-state index in [1.807, 2.05) is 6.92 Å². The van der Waals surface area contributed by atoms with E-state index in [9.17, 15) is 9.59 Å². The lowest BCUT2D eigenvalue weighted by Crippen LogP contribution is -2.31. The molecule has 0 bridgehead atoms. The Morgan fingerprint density at radius 1 is 1.18 bits per heavy atom. The van der Waals surface area contributed by atoms with Crippen molar-refractivity contribution in [3.05, 3.63) is 23.8 Å². The maximum Gasteiger partial charge on any atom is 0.323 e. The molecule has 0 spiro atoms. The van der Waals surface area contributed by atoms with Crippen molar-refractivity contribution in [2.75, 3.05) is 26.8 Å². The van der Waals surface area contributed by atoms with Gasteiger partial charge in [0.25, 0.3) is 5.91 Å². The van der Waals surface area contributed by atoms with Crippen LogP contribution in [-0.2, 0) is 4.79 Å². The van der Waals surface area contributed by atoms with Crippen LogP contribution in [0.5, 0.6) is 11.5 Å². The number of hydrogen-bond donors (Lipinski definition) is 1. The third kappa shape index (κ3) is 5.27. The van der Waals surface area contributed by atoms with E-state index < -0.39 is 5.97 Å². The zero-order valence-corrected chi connectivity index (χ0v) is 13.3. The lowest BCUT2D eigenvalue weighted by molar-refractivity contribution is -0.137. The molecule has 0 aliphatic carbocycles. The number of hydrogen-bond acceptors (Lipinski definition) is 4. The van der Waals surface area contributed by atoms with Crippen molar-refractivity contribution in [1.29, 1.82) is 0 Å². The molecule has 0 aliphatic heterocycles. The summed E-state index contributed by atoms with van der Waals surface area (Å²) < 4.78 is 11.2. The molecule has 0 saturated carbocycles. The summed E-state index contributed by atoms with van der Waals surface area (Å²) in [5.74, 6) is -0.343. The second-order valence-corrected chi connectivity index (χ2v) is 4.85. The Morgan fingerprint density at radius 3 is 2.50 bits per heavy atom. The van der Waals surface area contributed by atoms with Gasteiger partial charge in [0, 0.05) is 12.6 Å². The zero-order valence-electron chi connectivity index (χ0n) is 13.3. The van der Waals surface area contributed by atoms with Crippen LogP contribution in [0.1, 0.15) is 37.0 Å². The molecule has 6 heteroatoms. The molecule has 6 nitrogen and oxygen atoms in total. The highest BCUT2D eigenvalue weighted by Crippen LogP contribution is 2.29. The maximum absolute atomic E-state index is 12.2. The number of aliphatic carboxylic acids is 1. The molecule has 1 rings (SSSR count). The van der Waals surface area contributed by atoms with Gasteiger partial charge in [0.2, 0.25) is 0 Å². The lowest BCUT2D eigenvalue weighted by Gasteiger charge is -2.17. The van der Waals surface area contributed by atoms with Crippen LogP contribution >= 0.6 is 0 Å². The Morgan fingerprint density at radius 2 is 1.91 bits per heavy atom. The molecule has 1 N–H and O–H groups in total. The number of carbonyl (C=O) groups excluding carboxylic acids is 1. The third-order valence-electron chi connectivity index (χ3n) is 2.97. The number of unbranched alkanes of at least 4 members (excludes halogenated alkanes) is 1. The number of nitrogens with zero attached hydrogens (tertiary/aromatic N) is 1. The molecule has 0 atom stereocenters. The second-order valence-electron chi connectivity index (χ2n) is 4.85. The topological polar surface area (TPSA) is 76.1 Å². The number of likely N-dealkylation sites (N-methyl/N-ethyl adjacent to an activating group) is 1. The molecule has 0 heterocycles. The number of rotatable bonds is 9. The van der Waals surface area contributed by atoms with Gasteiger partial charge in [-0.3, -0.25) is 9.59 Å². The van der Waals surface area contributed by atoms with Crippen LogP contribution in [-0.4, -0.2) is 48.7 Å². The van der Waals surface area contributed by atoms with Gasteiger partial charge in [-0.15, -0.1) is 0 Å². The van der Waals surface area contributed by atoms with Crippen LogP contribution < -0.4 is 9.47 Å². The molecule has 1 amide bonds. The summed E-state index contributed by atoms with van der Waals surface area (Å²) >= 11 is 0. The van der Waals surface area contributed by atoms with E-state index in [2.05, 4.69) is 6.92 Å². The largest absolute Gasteiger partial charge is 0.490 e. The molecule has 1 aromatic carbocycles. The fraction of sp³-hybridized carbons (Fsp3) is 0.500. The van der Waals surface area contributed by atoms with Gasteiger partial charge in [0.15, 0.2) is 11.5 Å². The first-order chi connectivity index (χ1) is 10.5. The highest BCUT2D eigenvalue weighted by molar-refractivity contribution is 5.96. The van der Waals surface area contributed by atoms with Crippen molar-refractivity contribution in [2.24, 2.45) is 0 Å². The number of amides is 1. The summed E-state index contributed by atoms with van der Waals surface area (Å²) in [5, 5.41) is 8.74. The molecule has 22 heavy (non-hydrogen) atoms. The Labute approximate surface area is 130 Å². The highest BCUT2D eigenvalue weighted by atomic mass is 16.5. The Bertz CT molecular complexity index is 515. The van der Waals surface area contributed by atoms with Crippen LogP contribution in [0.4, 0.5) is 0 Å². The van der Waals surface area contributed by atoms with E-state index in [1.54, 1.807) is 18.2 Å². The van der Waals surface area contributed by atoms with Gasteiger partial charge >= 0.3 is 5.97 Å². The molecule has 122 valence electrons. The van der Waals surface area contributed by atoms with E-state index in [4.69, 9.17) is 14.6 Å². The normalized spacial score (nSPS) is 10.1. The second kappa shape index (κ2) is 8.92. The third-order valence-corrected chi connectivity index (χ3v) is 2.97. The fourth-order valence-electron chi connectivity index (χ4n) is 1.85. The van der Waals surface area contributed by atoms with Crippen molar-refractivity contribution in [3.8, 4) is 11.5 Å². The standard InChI is InChI=1S/C16H23NO5/c1-4-6-9-22-13-8-7-12(10-14(13)21-5-2)16(20)17(3)11-15(18)19/h7-8,10H,4-6,9,11H2,1-3H3,(H,18,19).